The SMILES string of the molecule is CCCCCCCCN=C(C)N. The summed E-state index contributed by atoms with van der Waals surface area (Å²) < 4.78 is 0. The summed E-state index contributed by atoms with van der Waals surface area (Å²) in [5.74, 6) is 0.712. The fourth-order valence-corrected chi connectivity index (χ4v) is 1.15. The number of hydrogen-bond donors (Lipinski definition) is 1. The lowest BCUT2D eigenvalue weighted by Crippen LogP contribution is -2.05. The first-order valence-corrected chi connectivity index (χ1v) is 5.04. The minimum absolute atomic E-state index is 0.712. The third-order valence-corrected chi connectivity index (χ3v) is 1.87. The van der Waals surface area contributed by atoms with Gasteiger partial charge < -0.3 is 5.73 Å². The van der Waals surface area contributed by atoms with Gasteiger partial charge in [0.05, 0.1) is 5.84 Å². The zero-order chi connectivity index (χ0) is 9.23. The molecule has 0 spiro atoms. The molecule has 0 rings (SSSR count). The molecule has 0 heterocycles. The van der Waals surface area contributed by atoms with Crippen molar-refractivity contribution >= 4 is 5.84 Å². The molecule has 0 amide bonds. The lowest BCUT2D eigenvalue weighted by atomic mass is 10.1. The van der Waals surface area contributed by atoms with Crippen LogP contribution in [0.5, 0.6) is 0 Å². The molecule has 2 nitrogen and oxygen atoms in total. The molecule has 0 aromatic carbocycles. The molecular formula is C10H22N2. The van der Waals surface area contributed by atoms with E-state index in [1.165, 1.54) is 38.5 Å². The Morgan fingerprint density at radius 2 is 1.67 bits per heavy atom. The fraction of sp³-hybridized carbons (Fsp3) is 0.900. The molecule has 0 radical (unpaired) electrons. The number of rotatable bonds is 7. The van der Waals surface area contributed by atoms with Crippen molar-refractivity contribution in [2.45, 2.75) is 52.4 Å². The summed E-state index contributed by atoms with van der Waals surface area (Å²) in [7, 11) is 0. The van der Waals surface area contributed by atoms with Gasteiger partial charge in [-0.2, -0.15) is 0 Å². The van der Waals surface area contributed by atoms with E-state index < -0.39 is 0 Å². The van der Waals surface area contributed by atoms with E-state index in [4.69, 9.17) is 5.73 Å². The van der Waals surface area contributed by atoms with Gasteiger partial charge in [-0.3, -0.25) is 4.99 Å². The zero-order valence-electron chi connectivity index (χ0n) is 8.47. The van der Waals surface area contributed by atoms with Gasteiger partial charge in [0.2, 0.25) is 0 Å². The highest BCUT2D eigenvalue weighted by Crippen LogP contribution is 2.04. The topological polar surface area (TPSA) is 38.4 Å². The Balaban J connectivity index is 2.96. The van der Waals surface area contributed by atoms with E-state index in [2.05, 4.69) is 11.9 Å². The van der Waals surface area contributed by atoms with Crippen LogP contribution in [-0.4, -0.2) is 12.4 Å². The Hall–Kier alpha value is -0.530. The average Bonchev–Trinajstić information content (AvgIpc) is 2.02. The van der Waals surface area contributed by atoms with Crippen LogP contribution in [0.15, 0.2) is 4.99 Å². The van der Waals surface area contributed by atoms with Crippen LogP contribution in [0.1, 0.15) is 52.4 Å². The van der Waals surface area contributed by atoms with Crippen molar-refractivity contribution in [2.75, 3.05) is 6.54 Å². The normalized spacial score (nSPS) is 12.0. The average molecular weight is 170 g/mol. The summed E-state index contributed by atoms with van der Waals surface area (Å²) in [6, 6.07) is 0. The van der Waals surface area contributed by atoms with E-state index in [0.717, 1.165) is 6.54 Å². The van der Waals surface area contributed by atoms with E-state index in [0.29, 0.717) is 5.84 Å². The quantitative estimate of drug-likeness (QED) is 0.356. The molecule has 72 valence electrons. The molecule has 0 aromatic heterocycles. The molecule has 0 aliphatic heterocycles. The predicted molar refractivity (Wildman–Crippen MR) is 55.5 cm³/mol. The van der Waals surface area contributed by atoms with Gasteiger partial charge in [-0.15, -0.1) is 0 Å². The van der Waals surface area contributed by atoms with Crippen molar-refractivity contribution in [3.05, 3.63) is 0 Å². The van der Waals surface area contributed by atoms with E-state index in [1.807, 2.05) is 6.92 Å². The van der Waals surface area contributed by atoms with Gasteiger partial charge in [-0.05, 0) is 13.3 Å². The monoisotopic (exact) mass is 170 g/mol. The van der Waals surface area contributed by atoms with Gasteiger partial charge in [0.25, 0.3) is 0 Å². The van der Waals surface area contributed by atoms with Crippen LogP contribution in [0.2, 0.25) is 0 Å². The number of hydrogen-bond acceptors (Lipinski definition) is 1. The first-order chi connectivity index (χ1) is 5.77. The van der Waals surface area contributed by atoms with Gasteiger partial charge in [0.15, 0.2) is 0 Å². The smallest absolute Gasteiger partial charge is 0.0905 e. The maximum atomic E-state index is 5.40. The number of unbranched alkanes of at least 4 members (excludes halogenated alkanes) is 5. The third-order valence-electron chi connectivity index (χ3n) is 1.87. The van der Waals surface area contributed by atoms with Crippen LogP contribution in [-0.2, 0) is 0 Å². The molecule has 0 saturated heterocycles. The van der Waals surface area contributed by atoms with E-state index in [1.54, 1.807) is 0 Å². The van der Waals surface area contributed by atoms with E-state index in [9.17, 15) is 0 Å². The Morgan fingerprint density at radius 1 is 1.08 bits per heavy atom. The van der Waals surface area contributed by atoms with Gasteiger partial charge in [0.1, 0.15) is 0 Å². The second-order valence-corrected chi connectivity index (χ2v) is 3.29. The summed E-state index contributed by atoms with van der Waals surface area (Å²) in [5, 5.41) is 0. The predicted octanol–water partition coefficient (Wildman–Crippen LogP) is 2.72. The van der Waals surface area contributed by atoms with Gasteiger partial charge in [-0.1, -0.05) is 39.0 Å². The lowest BCUT2D eigenvalue weighted by molar-refractivity contribution is 0.612. The zero-order valence-corrected chi connectivity index (χ0v) is 8.47. The van der Waals surface area contributed by atoms with Crippen LogP contribution >= 0.6 is 0 Å². The molecule has 0 bridgehead atoms. The Labute approximate surface area is 76.3 Å². The van der Waals surface area contributed by atoms with Gasteiger partial charge in [-0.25, -0.2) is 0 Å². The summed E-state index contributed by atoms with van der Waals surface area (Å²) in [6.45, 7) is 4.99. The molecule has 0 aliphatic carbocycles. The molecule has 0 aliphatic rings. The summed E-state index contributed by atoms with van der Waals surface area (Å²) in [4.78, 5) is 4.14. The maximum absolute atomic E-state index is 5.40. The minimum Gasteiger partial charge on any atom is -0.388 e. The largest absolute Gasteiger partial charge is 0.388 e. The Kier molecular flexibility index (Phi) is 8.19. The minimum atomic E-state index is 0.712. The number of nitrogens with zero attached hydrogens (tertiary/aromatic N) is 1. The fourth-order valence-electron chi connectivity index (χ4n) is 1.15. The summed E-state index contributed by atoms with van der Waals surface area (Å²) in [6.07, 6.45) is 7.92. The molecule has 0 unspecified atom stereocenters. The van der Waals surface area contributed by atoms with Crippen molar-refractivity contribution in [3.63, 3.8) is 0 Å². The molecule has 0 fully saturated rings. The first-order valence-electron chi connectivity index (χ1n) is 5.04. The Bertz CT molecular complexity index is 115. The highest BCUT2D eigenvalue weighted by molar-refractivity contribution is 5.77. The lowest BCUT2D eigenvalue weighted by Gasteiger charge is -1.97. The van der Waals surface area contributed by atoms with Crippen LogP contribution in [0.4, 0.5) is 0 Å². The van der Waals surface area contributed by atoms with Gasteiger partial charge >= 0.3 is 0 Å². The molecule has 0 aromatic rings. The van der Waals surface area contributed by atoms with E-state index >= 15 is 0 Å². The number of aliphatic imine (C=N–C) groups is 1. The second kappa shape index (κ2) is 8.57. The van der Waals surface area contributed by atoms with Crippen LogP contribution < -0.4 is 5.73 Å². The highest BCUT2D eigenvalue weighted by Gasteiger charge is 1.88. The standard InChI is InChI=1S/C10H22N2/c1-3-4-5-6-7-8-9-12-10(2)11/h3-9H2,1-2H3,(H2,11,12). The van der Waals surface area contributed by atoms with Crippen molar-refractivity contribution in [2.24, 2.45) is 10.7 Å². The van der Waals surface area contributed by atoms with Crippen LogP contribution in [0.3, 0.4) is 0 Å². The molecule has 2 heteroatoms. The van der Waals surface area contributed by atoms with E-state index in [-0.39, 0.29) is 0 Å². The number of nitrogens with two attached hydrogens (primary N) is 1. The third kappa shape index (κ3) is 9.47. The van der Waals surface area contributed by atoms with Crippen molar-refractivity contribution in [3.8, 4) is 0 Å². The maximum Gasteiger partial charge on any atom is 0.0905 e. The number of amidine groups is 1. The van der Waals surface area contributed by atoms with Crippen molar-refractivity contribution < 1.29 is 0 Å². The molecule has 2 N–H and O–H groups in total. The second-order valence-electron chi connectivity index (χ2n) is 3.29. The first kappa shape index (κ1) is 11.5. The van der Waals surface area contributed by atoms with Gasteiger partial charge in [0, 0.05) is 6.54 Å². The van der Waals surface area contributed by atoms with Crippen LogP contribution in [0, 0.1) is 0 Å². The molecule has 12 heavy (non-hydrogen) atoms. The summed E-state index contributed by atoms with van der Waals surface area (Å²) >= 11 is 0. The molecule has 0 saturated carbocycles. The van der Waals surface area contributed by atoms with Crippen molar-refractivity contribution in [1.82, 2.24) is 0 Å². The van der Waals surface area contributed by atoms with Crippen LogP contribution in [0.25, 0.3) is 0 Å². The highest BCUT2D eigenvalue weighted by atomic mass is 14.8. The molecule has 0 atom stereocenters. The molecular weight excluding hydrogens is 148 g/mol. The summed E-state index contributed by atoms with van der Waals surface area (Å²) in [5.41, 5.74) is 5.40. The Morgan fingerprint density at radius 3 is 2.25 bits per heavy atom. The van der Waals surface area contributed by atoms with Crippen molar-refractivity contribution in [1.29, 1.82) is 0 Å².